The summed E-state index contributed by atoms with van der Waals surface area (Å²) in [5.74, 6) is 0. The van der Waals surface area contributed by atoms with Crippen LogP contribution < -0.4 is 4.72 Å². The quantitative estimate of drug-likeness (QED) is 0.760. The zero-order valence-corrected chi connectivity index (χ0v) is 9.95. The highest BCUT2D eigenvalue weighted by atomic mass is 79.9. The number of sulfonamides is 1. The largest absolute Gasteiger partial charge is 0.381 e. The topological polar surface area (TPSA) is 55.4 Å². The van der Waals surface area contributed by atoms with Gasteiger partial charge >= 0.3 is 0 Å². The zero-order chi connectivity index (χ0) is 9.95. The van der Waals surface area contributed by atoms with Crippen LogP contribution in [0.25, 0.3) is 0 Å². The summed E-state index contributed by atoms with van der Waals surface area (Å²) in [6.07, 6.45) is 2.64. The first-order chi connectivity index (χ1) is 5.97. The fourth-order valence-corrected chi connectivity index (χ4v) is 3.37. The number of hydrogen-bond donors (Lipinski definition) is 1. The molecule has 1 aliphatic rings. The third-order valence-corrected chi connectivity index (χ3v) is 3.98. The normalized spacial score (nSPS) is 22.9. The molecule has 13 heavy (non-hydrogen) atoms. The number of alkyl halides is 1. The summed E-state index contributed by atoms with van der Waals surface area (Å²) in [7, 11) is -3.13. The monoisotopic (exact) mass is 271 g/mol. The van der Waals surface area contributed by atoms with Crippen LogP contribution in [0.4, 0.5) is 0 Å². The van der Waals surface area contributed by atoms with E-state index >= 15 is 0 Å². The van der Waals surface area contributed by atoms with Crippen LogP contribution in [0.2, 0.25) is 0 Å². The Morgan fingerprint density at radius 1 is 1.46 bits per heavy atom. The van der Waals surface area contributed by atoms with Crippen molar-refractivity contribution in [3.63, 3.8) is 0 Å². The van der Waals surface area contributed by atoms with Gasteiger partial charge in [0.15, 0.2) is 0 Å². The molecule has 1 rings (SSSR count). The Hall–Kier alpha value is 0.350. The van der Waals surface area contributed by atoms with E-state index < -0.39 is 10.0 Å². The molecule has 4 nitrogen and oxygen atoms in total. The second-order valence-electron chi connectivity index (χ2n) is 3.40. The van der Waals surface area contributed by atoms with Crippen LogP contribution in [-0.2, 0) is 14.8 Å². The van der Waals surface area contributed by atoms with Gasteiger partial charge in [-0.1, -0.05) is 15.9 Å². The van der Waals surface area contributed by atoms with Crippen LogP contribution in [0.3, 0.4) is 0 Å². The van der Waals surface area contributed by atoms with Crippen LogP contribution in [0, 0.1) is 0 Å². The number of halogens is 1. The van der Waals surface area contributed by atoms with Crippen molar-refractivity contribution < 1.29 is 13.2 Å². The molecule has 1 N–H and O–H groups in total. The van der Waals surface area contributed by atoms with Crippen LogP contribution in [0.1, 0.15) is 12.8 Å². The Morgan fingerprint density at radius 3 is 2.38 bits per heavy atom. The molecule has 0 aliphatic carbocycles. The van der Waals surface area contributed by atoms with Gasteiger partial charge in [0, 0.05) is 24.1 Å². The van der Waals surface area contributed by atoms with E-state index in [1.165, 1.54) is 6.26 Å². The SMILES string of the molecule is CS(=O)(=O)NC1(CBr)CCOCC1. The minimum atomic E-state index is -3.13. The van der Waals surface area contributed by atoms with Gasteiger partial charge in [0.1, 0.15) is 0 Å². The molecule has 1 aliphatic heterocycles. The highest BCUT2D eigenvalue weighted by Crippen LogP contribution is 2.23. The maximum absolute atomic E-state index is 11.1. The summed E-state index contributed by atoms with van der Waals surface area (Å²) in [5.41, 5.74) is -0.341. The van der Waals surface area contributed by atoms with Crippen LogP contribution in [0.5, 0.6) is 0 Å². The van der Waals surface area contributed by atoms with Gasteiger partial charge in [0.2, 0.25) is 10.0 Å². The fourth-order valence-electron chi connectivity index (χ4n) is 1.42. The van der Waals surface area contributed by atoms with Crippen LogP contribution in [-0.4, -0.2) is 38.8 Å². The second-order valence-corrected chi connectivity index (χ2v) is 5.71. The van der Waals surface area contributed by atoms with E-state index in [2.05, 4.69) is 20.7 Å². The maximum atomic E-state index is 11.1. The number of ether oxygens (including phenoxy) is 1. The lowest BCUT2D eigenvalue weighted by atomic mass is 9.94. The van der Waals surface area contributed by atoms with E-state index in [0.29, 0.717) is 18.5 Å². The molecule has 0 radical (unpaired) electrons. The molecular weight excluding hydrogens is 258 g/mol. The lowest BCUT2D eigenvalue weighted by Crippen LogP contribution is -2.52. The molecule has 0 aromatic rings. The molecule has 0 amide bonds. The second kappa shape index (κ2) is 4.25. The Balaban J connectivity index is 2.68. The fraction of sp³-hybridized carbons (Fsp3) is 1.00. The molecule has 6 heteroatoms. The third-order valence-electron chi connectivity index (χ3n) is 2.11. The standard InChI is InChI=1S/C7H14BrNO3S/c1-13(10,11)9-7(6-8)2-4-12-5-3-7/h9H,2-6H2,1H3. The zero-order valence-electron chi connectivity index (χ0n) is 7.55. The van der Waals surface area contributed by atoms with E-state index in [0.717, 1.165) is 12.8 Å². The predicted octanol–water partition coefficient (Wildman–Crippen LogP) is 0.480. The molecule has 1 heterocycles. The molecular formula is C7H14BrNO3S. The lowest BCUT2D eigenvalue weighted by molar-refractivity contribution is 0.0558. The van der Waals surface area contributed by atoms with E-state index in [4.69, 9.17) is 4.74 Å². The molecule has 0 bridgehead atoms. The predicted molar refractivity (Wildman–Crippen MR) is 54.6 cm³/mol. The minimum Gasteiger partial charge on any atom is -0.381 e. The first kappa shape index (κ1) is 11.4. The van der Waals surface area contributed by atoms with Crippen molar-refractivity contribution in [3.05, 3.63) is 0 Å². The van der Waals surface area contributed by atoms with Crippen molar-refractivity contribution in [1.82, 2.24) is 4.72 Å². The van der Waals surface area contributed by atoms with Crippen molar-refractivity contribution in [2.24, 2.45) is 0 Å². The van der Waals surface area contributed by atoms with Crippen LogP contribution >= 0.6 is 15.9 Å². The molecule has 0 saturated carbocycles. The Labute approximate surface area is 87.2 Å². The minimum absolute atomic E-state index is 0.341. The average Bonchev–Trinajstić information content (AvgIpc) is 2.03. The molecule has 78 valence electrons. The van der Waals surface area contributed by atoms with Crippen molar-refractivity contribution in [2.75, 3.05) is 24.8 Å². The van der Waals surface area contributed by atoms with Gasteiger partial charge in [0.25, 0.3) is 0 Å². The molecule has 0 aromatic carbocycles. The molecule has 0 spiro atoms. The number of nitrogens with one attached hydrogen (secondary N) is 1. The van der Waals surface area contributed by atoms with Crippen molar-refractivity contribution in [1.29, 1.82) is 0 Å². The summed E-state index contributed by atoms with van der Waals surface area (Å²) >= 11 is 3.34. The summed E-state index contributed by atoms with van der Waals surface area (Å²) in [6, 6.07) is 0. The van der Waals surface area contributed by atoms with Crippen molar-refractivity contribution in [2.45, 2.75) is 18.4 Å². The lowest BCUT2D eigenvalue weighted by Gasteiger charge is -2.35. The summed E-state index contributed by atoms with van der Waals surface area (Å²) in [5, 5.41) is 0.635. The third kappa shape index (κ3) is 3.53. The smallest absolute Gasteiger partial charge is 0.209 e. The number of rotatable bonds is 3. The highest BCUT2D eigenvalue weighted by Gasteiger charge is 2.33. The van der Waals surface area contributed by atoms with E-state index in [1.54, 1.807) is 0 Å². The van der Waals surface area contributed by atoms with Gasteiger partial charge < -0.3 is 4.74 Å². The van der Waals surface area contributed by atoms with Gasteiger partial charge in [-0.2, -0.15) is 0 Å². The first-order valence-electron chi connectivity index (χ1n) is 4.10. The molecule has 1 fully saturated rings. The molecule has 0 unspecified atom stereocenters. The average molecular weight is 272 g/mol. The van der Waals surface area contributed by atoms with Gasteiger partial charge in [-0.25, -0.2) is 13.1 Å². The molecule has 0 aromatic heterocycles. The molecule has 1 saturated heterocycles. The van der Waals surface area contributed by atoms with Crippen LogP contribution in [0.15, 0.2) is 0 Å². The molecule has 0 atom stereocenters. The Kier molecular flexibility index (Phi) is 3.73. The first-order valence-corrected chi connectivity index (χ1v) is 7.11. The van der Waals surface area contributed by atoms with Crippen molar-refractivity contribution in [3.8, 4) is 0 Å². The Morgan fingerprint density at radius 2 is 2.00 bits per heavy atom. The number of hydrogen-bond acceptors (Lipinski definition) is 3. The van der Waals surface area contributed by atoms with Crippen molar-refractivity contribution >= 4 is 26.0 Å². The maximum Gasteiger partial charge on any atom is 0.209 e. The van der Waals surface area contributed by atoms with E-state index in [1.807, 2.05) is 0 Å². The highest BCUT2D eigenvalue weighted by molar-refractivity contribution is 9.09. The summed E-state index contributed by atoms with van der Waals surface area (Å²) < 4.78 is 30.0. The van der Waals surface area contributed by atoms with Gasteiger partial charge in [-0.15, -0.1) is 0 Å². The summed E-state index contributed by atoms with van der Waals surface area (Å²) in [4.78, 5) is 0. The van der Waals surface area contributed by atoms with Gasteiger partial charge in [-0.3, -0.25) is 0 Å². The summed E-state index contributed by atoms with van der Waals surface area (Å²) in [6.45, 7) is 1.24. The van der Waals surface area contributed by atoms with Gasteiger partial charge in [-0.05, 0) is 12.8 Å². The van der Waals surface area contributed by atoms with E-state index in [9.17, 15) is 8.42 Å². The van der Waals surface area contributed by atoms with E-state index in [-0.39, 0.29) is 5.54 Å². The van der Waals surface area contributed by atoms with Gasteiger partial charge in [0.05, 0.1) is 6.26 Å². The Bertz CT molecular complexity index is 259.